The SMILES string of the molecule is CNC(=O)N(C)C(=O)C#CC(C)(C)C. The highest BCUT2D eigenvalue weighted by Crippen LogP contribution is 2.09. The summed E-state index contributed by atoms with van der Waals surface area (Å²) in [5.41, 5.74) is -0.237. The summed E-state index contributed by atoms with van der Waals surface area (Å²) >= 11 is 0. The number of carbonyl (C=O) groups excluding carboxylic acids is 2. The van der Waals surface area contributed by atoms with Crippen LogP contribution in [-0.4, -0.2) is 30.9 Å². The van der Waals surface area contributed by atoms with Crippen LogP contribution in [0.2, 0.25) is 0 Å². The molecule has 0 spiro atoms. The van der Waals surface area contributed by atoms with Crippen LogP contribution in [0.5, 0.6) is 0 Å². The molecule has 0 aliphatic rings. The van der Waals surface area contributed by atoms with Crippen molar-refractivity contribution >= 4 is 11.9 Å². The first-order chi connectivity index (χ1) is 6.28. The van der Waals surface area contributed by atoms with Gasteiger partial charge in [0.2, 0.25) is 0 Å². The maximum absolute atomic E-state index is 11.3. The predicted octanol–water partition coefficient (Wildman–Crippen LogP) is 0.834. The van der Waals surface area contributed by atoms with E-state index in [0.717, 1.165) is 4.90 Å². The van der Waals surface area contributed by atoms with Crippen molar-refractivity contribution in [2.24, 2.45) is 5.41 Å². The maximum Gasteiger partial charge on any atom is 0.324 e. The molecule has 0 heterocycles. The molecule has 0 atom stereocenters. The predicted molar refractivity (Wildman–Crippen MR) is 54.5 cm³/mol. The van der Waals surface area contributed by atoms with Crippen molar-refractivity contribution in [2.75, 3.05) is 14.1 Å². The molecule has 0 rings (SSSR count). The Balaban J connectivity index is 4.48. The smallest absolute Gasteiger partial charge is 0.324 e. The molecule has 3 amide bonds. The number of imide groups is 1. The van der Waals surface area contributed by atoms with Crippen LogP contribution in [-0.2, 0) is 4.79 Å². The zero-order valence-corrected chi connectivity index (χ0v) is 9.26. The topological polar surface area (TPSA) is 49.4 Å². The van der Waals surface area contributed by atoms with Crippen molar-refractivity contribution in [3.8, 4) is 11.8 Å². The fourth-order valence-electron chi connectivity index (χ4n) is 0.585. The van der Waals surface area contributed by atoms with E-state index >= 15 is 0 Å². The van der Waals surface area contributed by atoms with Gasteiger partial charge in [-0.2, -0.15) is 0 Å². The highest BCUT2D eigenvalue weighted by Gasteiger charge is 2.13. The van der Waals surface area contributed by atoms with Gasteiger partial charge in [0.25, 0.3) is 0 Å². The molecule has 4 nitrogen and oxygen atoms in total. The van der Waals surface area contributed by atoms with E-state index in [0.29, 0.717) is 0 Å². The zero-order chi connectivity index (χ0) is 11.4. The standard InChI is InChI=1S/C10H16N2O2/c1-10(2,3)7-6-8(13)12(5)9(14)11-4/h1-5H3,(H,11,14). The lowest BCUT2D eigenvalue weighted by molar-refractivity contribution is -0.121. The molecule has 0 aromatic carbocycles. The Kier molecular flexibility index (Phi) is 4.16. The molecule has 1 N–H and O–H groups in total. The minimum absolute atomic E-state index is 0.237. The van der Waals surface area contributed by atoms with Gasteiger partial charge in [-0.15, -0.1) is 0 Å². The molecule has 0 bridgehead atoms. The highest BCUT2D eigenvalue weighted by atomic mass is 16.2. The van der Waals surface area contributed by atoms with Gasteiger partial charge < -0.3 is 5.32 Å². The van der Waals surface area contributed by atoms with Crippen molar-refractivity contribution in [3.05, 3.63) is 0 Å². The molecular weight excluding hydrogens is 180 g/mol. The molecule has 0 saturated heterocycles. The minimum Gasteiger partial charge on any atom is -0.341 e. The summed E-state index contributed by atoms with van der Waals surface area (Å²) in [6.07, 6.45) is 0. The Hall–Kier alpha value is -1.50. The van der Waals surface area contributed by atoms with E-state index in [-0.39, 0.29) is 5.41 Å². The lowest BCUT2D eigenvalue weighted by Crippen LogP contribution is -2.38. The van der Waals surface area contributed by atoms with Crippen LogP contribution in [0.25, 0.3) is 0 Å². The molecule has 0 aromatic heterocycles. The molecule has 78 valence electrons. The quantitative estimate of drug-likeness (QED) is 0.583. The van der Waals surface area contributed by atoms with Crippen LogP contribution in [0, 0.1) is 17.3 Å². The fourth-order valence-corrected chi connectivity index (χ4v) is 0.585. The van der Waals surface area contributed by atoms with Crippen LogP contribution in [0.4, 0.5) is 4.79 Å². The molecule has 0 aromatic rings. The van der Waals surface area contributed by atoms with E-state index in [1.807, 2.05) is 20.8 Å². The van der Waals surface area contributed by atoms with Crippen LogP contribution >= 0.6 is 0 Å². The van der Waals surface area contributed by atoms with Gasteiger partial charge in [0, 0.05) is 19.5 Å². The summed E-state index contributed by atoms with van der Waals surface area (Å²) in [6.45, 7) is 5.69. The second-order valence-corrected chi connectivity index (χ2v) is 3.92. The number of hydrogen-bond acceptors (Lipinski definition) is 2. The Morgan fingerprint density at radius 3 is 2.14 bits per heavy atom. The molecule has 0 aliphatic carbocycles. The highest BCUT2D eigenvalue weighted by molar-refractivity contribution is 6.03. The third kappa shape index (κ3) is 4.51. The molecule has 0 unspecified atom stereocenters. The van der Waals surface area contributed by atoms with Gasteiger partial charge >= 0.3 is 11.9 Å². The number of rotatable bonds is 0. The first-order valence-corrected chi connectivity index (χ1v) is 4.30. The first kappa shape index (κ1) is 12.5. The largest absolute Gasteiger partial charge is 0.341 e. The normalized spacial score (nSPS) is 9.79. The van der Waals surface area contributed by atoms with Crippen molar-refractivity contribution in [1.29, 1.82) is 0 Å². The summed E-state index contributed by atoms with van der Waals surface area (Å²) in [5.74, 6) is 4.67. The second-order valence-electron chi connectivity index (χ2n) is 3.92. The van der Waals surface area contributed by atoms with E-state index in [1.165, 1.54) is 14.1 Å². The Morgan fingerprint density at radius 1 is 1.29 bits per heavy atom. The average Bonchev–Trinajstić information content (AvgIpc) is 2.10. The zero-order valence-electron chi connectivity index (χ0n) is 9.26. The van der Waals surface area contributed by atoms with E-state index in [1.54, 1.807) is 0 Å². The van der Waals surface area contributed by atoms with Crippen molar-refractivity contribution in [2.45, 2.75) is 20.8 Å². The van der Waals surface area contributed by atoms with Gasteiger partial charge in [-0.25, -0.2) is 4.79 Å². The monoisotopic (exact) mass is 196 g/mol. The summed E-state index contributed by atoms with van der Waals surface area (Å²) in [5, 5.41) is 2.34. The third-order valence-electron chi connectivity index (χ3n) is 1.37. The van der Waals surface area contributed by atoms with Gasteiger partial charge in [-0.3, -0.25) is 9.69 Å². The molecule has 0 aliphatic heterocycles. The van der Waals surface area contributed by atoms with E-state index < -0.39 is 11.9 Å². The summed E-state index contributed by atoms with van der Waals surface area (Å²) < 4.78 is 0. The van der Waals surface area contributed by atoms with E-state index in [4.69, 9.17) is 0 Å². The minimum atomic E-state index is -0.501. The second kappa shape index (κ2) is 4.66. The molecular formula is C10H16N2O2. The fraction of sp³-hybridized carbons (Fsp3) is 0.600. The summed E-state index contributed by atoms with van der Waals surface area (Å²) in [7, 11) is 2.85. The van der Waals surface area contributed by atoms with E-state index in [9.17, 15) is 9.59 Å². The summed E-state index contributed by atoms with van der Waals surface area (Å²) in [6, 6.07) is -0.460. The Morgan fingerprint density at radius 2 is 1.79 bits per heavy atom. The molecule has 0 fully saturated rings. The van der Waals surface area contributed by atoms with Crippen LogP contribution in [0.1, 0.15) is 20.8 Å². The molecule has 0 radical (unpaired) electrons. The maximum atomic E-state index is 11.3. The number of carbonyl (C=O) groups is 2. The van der Waals surface area contributed by atoms with Gasteiger partial charge in [0.15, 0.2) is 0 Å². The first-order valence-electron chi connectivity index (χ1n) is 4.30. The summed E-state index contributed by atoms with van der Waals surface area (Å²) in [4.78, 5) is 23.2. The number of urea groups is 1. The van der Waals surface area contributed by atoms with Crippen LogP contribution in [0.15, 0.2) is 0 Å². The Bertz CT molecular complexity index is 291. The van der Waals surface area contributed by atoms with Crippen molar-refractivity contribution in [1.82, 2.24) is 10.2 Å². The third-order valence-corrected chi connectivity index (χ3v) is 1.37. The van der Waals surface area contributed by atoms with Gasteiger partial charge in [-0.05, 0) is 26.7 Å². The van der Waals surface area contributed by atoms with Gasteiger partial charge in [0.05, 0.1) is 0 Å². The number of amides is 3. The lowest BCUT2D eigenvalue weighted by Gasteiger charge is -2.11. The van der Waals surface area contributed by atoms with Gasteiger partial charge in [0.1, 0.15) is 0 Å². The Labute approximate surface area is 84.7 Å². The van der Waals surface area contributed by atoms with Crippen LogP contribution in [0.3, 0.4) is 0 Å². The molecule has 14 heavy (non-hydrogen) atoms. The van der Waals surface area contributed by atoms with E-state index in [2.05, 4.69) is 17.2 Å². The number of hydrogen-bond donors (Lipinski definition) is 1. The molecule has 4 heteroatoms. The van der Waals surface area contributed by atoms with Crippen LogP contribution < -0.4 is 5.32 Å². The van der Waals surface area contributed by atoms with Gasteiger partial charge in [-0.1, -0.05) is 5.92 Å². The molecule has 0 saturated carbocycles. The number of nitrogens with one attached hydrogen (secondary N) is 1. The van der Waals surface area contributed by atoms with Crippen molar-refractivity contribution < 1.29 is 9.59 Å². The number of nitrogens with zero attached hydrogens (tertiary/aromatic N) is 1. The average molecular weight is 196 g/mol. The van der Waals surface area contributed by atoms with Crippen molar-refractivity contribution in [3.63, 3.8) is 0 Å². The lowest BCUT2D eigenvalue weighted by atomic mass is 9.98.